The molecule has 45 heavy (non-hydrogen) atoms. The second kappa shape index (κ2) is 11.1. The zero-order chi connectivity index (χ0) is 30.4. The Bertz CT molecular complexity index is 1950. The Labute approximate surface area is 262 Å². The molecule has 2 aromatic heterocycles. The molecule has 4 heterocycles. The second-order valence-electron chi connectivity index (χ2n) is 12.5. The van der Waals surface area contributed by atoms with Crippen molar-refractivity contribution in [2.75, 3.05) is 25.5 Å². The number of hydrogen-bond acceptors (Lipinski definition) is 8. The lowest BCUT2D eigenvalue weighted by Crippen LogP contribution is -2.43. The number of nitrogens with one attached hydrogen (secondary N) is 1. The van der Waals surface area contributed by atoms with Gasteiger partial charge >= 0.3 is 0 Å². The largest absolute Gasteiger partial charge is 0.367 e. The van der Waals surface area contributed by atoms with Gasteiger partial charge in [0.2, 0.25) is 5.82 Å². The Hall–Kier alpha value is -5.04. The molecule has 2 fully saturated rings. The van der Waals surface area contributed by atoms with Crippen molar-refractivity contribution in [1.82, 2.24) is 29.3 Å². The predicted octanol–water partition coefficient (Wildman–Crippen LogP) is 6.47. The van der Waals surface area contributed by atoms with Gasteiger partial charge in [-0.05, 0) is 30.5 Å². The summed E-state index contributed by atoms with van der Waals surface area (Å²) in [6.07, 6.45) is 8.22. The van der Waals surface area contributed by atoms with Gasteiger partial charge in [0.05, 0.1) is 35.5 Å². The first-order chi connectivity index (χ1) is 22.1. The molecule has 3 aromatic carbocycles. The normalized spacial score (nSPS) is 19.8. The Morgan fingerprint density at radius 2 is 1.58 bits per heavy atom. The molecule has 0 amide bonds. The van der Waals surface area contributed by atoms with Crippen molar-refractivity contribution in [1.29, 1.82) is 5.26 Å². The number of piperidine rings is 1. The SMILES string of the molecule is C[N+]1(C2CC2)C=Nc2cc3nc(-c4ccccc4)c(-c4ccc(CN5CCC(Nc6ccnc(C#N)n6)CC5)cc4)nc3cc21. The zero-order valence-electron chi connectivity index (χ0n) is 25.3. The summed E-state index contributed by atoms with van der Waals surface area (Å²) in [4.78, 5) is 26.0. The fourth-order valence-electron chi connectivity index (χ4n) is 6.68. The molecule has 1 saturated heterocycles. The van der Waals surface area contributed by atoms with E-state index in [4.69, 9.17) is 20.2 Å². The van der Waals surface area contributed by atoms with Crippen LogP contribution in [0.4, 0.5) is 17.2 Å². The summed E-state index contributed by atoms with van der Waals surface area (Å²) >= 11 is 0. The third-order valence-corrected chi connectivity index (χ3v) is 9.40. The molecule has 1 N–H and O–H groups in total. The topological polar surface area (TPSA) is 103 Å². The molecule has 0 radical (unpaired) electrons. The van der Waals surface area contributed by atoms with Crippen LogP contribution in [-0.4, -0.2) is 63.4 Å². The summed E-state index contributed by atoms with van der Waals surface area (Å²) in [7, 11) is 2.26. The number of quaternary nitrogens is 1. The summed E-state index contributed by atoms with van der Waals surface area (Å²) in [6, 6.07) is 28.3. The molecule has 0 spiro atoms. The molecule has 0 bridgehead atoms. The number of aromatic nitrogens is 4. The highest BCUT2D eigenvalue weighted by atomic mass is 15.4. The van der Waals surface area contributed by atoms with Gasteiger partial charge in [-0.2, -0.15) is 10.3 Å². The van der Waals surface area contributed by atoms with Crippen molar-refractivity contribution in [2.24, 2.45) is 4.99 Å². The van der Waals surface area contributed by atoms with Crippen molar-refractivity contribution < 1.29 is 0 Å². The van der Waals surface area contributed by atoms with E-state index in [9.17, 15) is 0 Å². The number of nitriles is 1. The fraction of sp³-hybridized carbons (Fsp3) is 0.278. The number of aliphatic imine (C=N–C) groups is 1. The minimum atomic E-state index is 0.195. The monoisotopic (exact) mass is 592 g/mol. The van der Waals surface area contributed by atoms with Crippen LogP contribution in [0.3, 0.4) is 0 Å². The van der Waals surface area contributed by atoms with Crippen molar-refractivity contribution >= 4 is 34.6 Å². The molecule has 8 rings (SSSR count). The molecular weight excluding hydrogens is 558 g/mol. The third-order valence-electron chi connectivity index (χ3n) is 9.40. The highest BCUT2D eigenvalue weighted by Gasteiger charge is 2.46. The van der Waals surface area contributed by atoms with Crippen LogP contribution in [0.25, 0.3) is 33.5 Å². The summed E-state index contributed by atoms with van der Waals surface area (Å²) in [5, 5.41) is 12.6. The van der Waals surface area contributed by atoms with Crippen LogP contribution in [0.2, 0.25) is 0 Å². The number of likely N-dealkylation sites (tertiary alicyclic amines) is 1. The number of fused-ring (bicyclic) bond motifs is 2. The van der Waals surface area contributed by atoms with Gasteiger partial charge in [-0.15, -0.1) is 0 Å². The van der Waals surface area contributed by atoms with Crippen molar-refractivity contribution in [2.45, 2.75) is 44.3 Å². The summed E-state index contributed by atoms with van der Waals surface area (Å²) in [5.74, 6) is 0.913. The lowest BCUT2D eigenvalue weighted by atomic mass is 10.0. The first kappa shape index (κ1) is 27.5. The Kier molecular flexibility index (Phi) is 6.81. The van der Waals surface area contributed by atoms with E-state index in [0.717, 1.165) is 82.0 Å². The fourth-order valence-corrected chi connectivity index (χ4v) is 6.68. The predicted molar refractivity (Wildman–Crippen MR) is 178 cm³/mol. The maximum absolute atomic E-state index is 9.08. The highest BCUT2D eigenvalue weighted by molar-refractivity contribution is 5.97. The Balaban J connectivity index is 1.03. The van der Waals surface area contributed by atoms with Gasteiger partial charge in [0, 0.05) is 61.9 Å². The van der Waals surface area contributed by atoms with Gasteiger partial charge in [0.15, 0.2) is 12.0 Å². The molecule has 2 aliphatic heterocycles. The Morgan fingerprint density at radius 1 is 0.867 bits per heavy atom. The summed E-state index contributed by atoms with van der Waals surface area (Å²) < 4.78 is 0.757. The lowest BCUT2D eigenvalue weighted by molar-refractivity contribution is 0.211. The minimum Gasteiger partial charge on any atom is -0.367 e. The summed E-state index contributed by atoms with van der Waals surface area (Å²) in [5.41, 5.74) is 9.18. The average molecular weight is 593 g/mol. The van der Waals surface area contributed by atoms with Gasteiger partial charge in [-0.1, -0.05) is 54.6 Å². The van der Waals surface area contributed by atoms with Gasteiger partial charge in [0.25, 0.3) is 0 Å². The first-order valence-corrected chi connectivity index (χ1v) is 15.7. The first-order valence-electron chi connectivity index (χ1n) is 15.7. The van der Waals surface area contributed by atoms with Crippen LogP contribution in [0, 0.1) is 11.3 Å². The van der Waals surface area contributed by atoms with Crippen LogP contribution in [0.5, 0.6) is 0 Å². The molecule has 222 valence electrons. The minimum absolute atomic E-state index is 0.195. The van der Waals surface area contributed by atoms with Crippen LogP contribution < -0.4 is 9.80 Å². The molecule has 3 aliphatic rings. The van der Waals surface area contributed by atoms with E-state index in [1.165, 1.54) is 24.1 Å². The van der Waals surface area contributed by atoms with Crippen molar-refractivity contribution in [3.8, 4) is 28.6 Å². The van der Waals surface area contributed by atoms with Gasteiger partial charge < -0.3 is 5.32 Å². The quantitative estimate of drug-likeness (QED) is 0.216. The number of nitrogens with zero attached hydrogens (tertiary/aromatic N) is 8. The van der Waals surface area contributed by atoms with Crippen LogP contribution in [-0.2, 0) is 6.54 Å². The molecule has 9 heteroatoms. The molecule has 5 aromatic rings. The molecule has 1 unspecified atom stereocenters. The smallest absolute Gasteiger partial charge is 0.234 e. The van der Waals surface area contributed by atoms with Crippen LogP contribution in [0.1, 0.15) is 37.1 Å². The Morgan fingerprint density at radius 3 is 2.29 bits per heavy atom. The number of anilines is 1. The van der Waals surface area contributed by atoms with E-state index in [0.29, 0.717) is 12.1 Å². The van der Waals surface area contributed by atoms with Crippen molar-refractivity contribution in [3.63, 3.8) is 0 Å². The summed E-state index contributed by atoms with van der Waals surface area (Å²) in [6.45, 7) is 2.89. The van der Waals surface area contributed by atoms with Gasteiger partial charge in [-0.25, -0.2) is 24.4 Å². The van der Waals surface area contributed by atoms with E-state index in [1.807, 2.05) is 18.2 Å². The maximum Gasteiger partial charge on any atom is 0.234 e. The van der Waals surface area contributed by atoms with E-state index in [1.54, 1.807) is 6.20 Å². The standard InChI is InChI=1S/C36H34N9/c1-45(28-11-12-28)23-39-31-19-29-30(20-32(31)45)42-36(35(41-29)25-5-3-2-4-6-25)26-9-7-24(8-10-26)22-44-17-14-27(15-18-44)40-33-13-16-38-34(21-37)43-33/h2-10,13,16,19-20,23,27-28H,11-12,14-15,17-18,22H2,1H3,(H,38,40,43)/q+1. The van der Waals surface area contributed by atoms with Crippen molar-refractivity contribution in [3.05, 3.63) is 90.4 Å². The molecule has 9 nitrogen and oxygen atoms in total. The van der Waals surface area contributed by atoms with Gasteiger partial charge in [0.1, 0.15) is 17.6 Å². The molecule has 1 aliphatic carbocycles. The molecular formula is C36H34N9+. The van der Waals surface area contributed by atoms with Gasteiger partial charge in [-0.3, -0.25) is 4.90 Å². The molecule has 1 atom stereocenters. The second-order valence-corrected chi connectivity index (χ2v) is 12.5. The van der Waals surface area contributed by atoms with E-state index in [-0.39, 0.29) is 5.82 Å². The highest BCUT2D eigenvalue weighted by Crippen LogP contribution is 2.46. The lowest BCUT2D eigenvalue weighted by Gasteiger charge is -2.32. The third kappa shape index (κ3) is 5.33. The molecule has 1 saturated carbocycles. The van der Waals surface area contributed by atoms with E-state index >= 15 is 0 Å². The van der Waals surface area contributed by atoms with Crippen LogP contribution >= 0.6 is 0 Å². The average Bonchev–Trinajstić information content (AvgIpc) is 3.90. The van der Waals surface area contributed by atoms with Crippen LogP contribution in [0.15, 0.2) is 84.0 Å². The zero-order valence-corrected chi connectivity index (χ0v) is 25.3. The van der Waals surface area contributed by atoms with E-state index in [2.05, 4.69) is 94.2 Å². The number of hydrogen-bond donors (Lipinski definition) is 1. The number of rotatable bonds is 7. The number of benzene rings is 3. The maximum atomic E-state index is 9.08. The van der Waals surface area contributed by atoms with E-state index < -0.39 is 0 Å².